The molecule has 25 heavy (non-hydrogen) atoms. The zero-order valence-corrected chi connectivity index (χ0v) is 14.2. The summed E-state index contributed by atoms with van der Waals surface area (Å²) in [6.45, 7) is 0.472. The number of nitrogens with one attached hydrogen (secondary N) is 1. The van der Waals surface area contributed by atoms with Crippen molar-refractivity contribution >= 4 is 34.9 Å². The fraction of sp³-hybridized carbons (Fsp3) is 0.312. The molecule has 2 unspecified atom stereocenters. The first-order valence-electron chi connectivity index (χ1n) is 7.98. The highest BCUT2D eigenvalue weighted by molar-refractivity contribution is 7.92. The molecule has 0 saturated carbocycles. The fourth-order valence-electron chi connectivity index (χ4n) is 2.94. The van der Waals surface area contributed by atoms with Crippen molar-refractivity contribution < 1.29 is 8.92 Å². The first kappa shape index (κ1) is 16.3. The molecule has 0 spiro atoms. The average molecular weight is 358 g/mol. The van der Waals surface area contributed by atoms with E-state index in [0.29, 0.717) is 17.9 Å². The molecular weight excluding hydrogens is 340 g/mol. The van der Waals surface area contributed by atoms with Crippen molar-refractivity contribution in [2.75, 3.05) is 11.9 Å². The van der Waals surface area contributed by atoms with Crippen molar-refractivity contribution in [3.05, 3.63) is 43.0 Å². The van der Waals surface area contributed by atoms with Crippen LogP contribution in [0.5, 0.6) is 0 Å². The summed E-state index contributed by atoms with van der Waals surface area (Å²) in [5.74, 6) is 0.673. The van der Waals surface area contributed by atoms with E-state index in [4.69, 9.17) is 14.1 Å². The lowest BCUT2D eigenvalue weighted by molar-refractivity contribution is -0.0128. The molecule has 9 heteroatoms. The molecule has 0 radical (unpaired) electrons. The number of imidazole rings is 1. The SMILES string of the molecule is NSOCC1CCC(n2cnc3c(Nc4ccccc4)ncnc32)O1. The minimum absolute atomic E-state index is 0.0299. The molecule has 1 fully saturated rings. The van der Waals surface area contributed by atoms with Gasteiger partial charge in [0.05, 0.1) is 31.3 Å². The van der Waals surface area contributed by atoms with Gasteiger partial charge in [-0.2, -0.15) is 0 Å². The summed E-state index contributed by atoms with van der Waals surface area (Å²) in [4.78, 5) is 13.2. The van der Waals surface area contributed by atoms with E-state index in [1.54, 1.807) is 6.33 Å². The maximum absolute atomic E-state index is 6.02. The average Bonchev–Trinajstić information content (AvgIpc) is 3.28. The third-order valence-corrected chi connectivity index (χ3v) is 4.38. The van der Waals surface area contributed by atoms with Crippen molar-refractivity contribution in [3.8, 4) is 0 Å². The van der Waals surface area contributed by atoms with Gasteiger partial charge in [-0.25, -0.2) is 15.0 Å². The van der Waals surface area contributed by atoms with Crippen molar-refractivity contribution in [1.29, 1.82) is 0 Å². The van der Waals surface area contributed by atoms with E-state index in [1.807, 2.05) is 34.9 Å². The van der Waals surface area contributed by atoms with Crippen LogP contribution >= 0.6 is 12.2 Å². The van der Waals surface area contributed by atoms with Gasteiger partial charge in [0.15, 0.2) is 17.0 Å². The Morgan fingerprint density at radius 2 is 2.12 bits per heavy atom. The van der Waals surface area contributed by atoms with Gasteiger partial charge in [0.25, 0.3) is 0 Å². The third kappa shape index (κ3) is 3.45. The Morgan fingerprint density at radius 1 is 1.24 bits per heavy atom. The first-order valence-corrected chi connectivity index (χ1v) is 8.79. The van der Waals surface area contributed by atoms with E-state index in [1.165, 1.54) is 6.33 Å². The molecule has 1 saturated heterocycles. The summed E-state index contributed by atoms with van der Waals surface area (Å²) in [7, 11) is 0. The maximum atomic E-state index is 6.02. The minimum Gasteiger partial charge on any atom is -0.352 e. The largest absolute Gasteiger partial charge is 0.352 e. The molecule has 0 aliphatic carbocycles. The number of anilines is 2. The Bertz CT molecular complexity index is 843. The normalized spacial score (nSPS) is 20.2. The predicted octanol–water partition coefficient (Wildman–Crippen LogP) is 2.79. The van der Waals surface area contributed by atoms with Gasteiger partial charge in [0.1, 0.15) is 12.6 Å². The molecule has 4 rings (SSSR count). The maximum Gasteiger partial charge on any atom is 0.167 e. The van der Waals surface area contributed by atoms with Gasteiger partial charge >= 0.3 is 0 Å². The van der Waals surface area contributed by atoms with Crippen molar-refractivity contribution in [2.45, 2.75) is 25.2 Å². The quantitative estimate of drug-likeness (QED) is 0.512. The van der Waals surface area contributed by atoms with Crippen molar-refractivity contribution in [2.24, 2.45) is 5.14 Å². The highest BCUT2D eigenvalue weighted by atomic mass is 32.2. The molecule has 130 valence electrons. The molecular formula is C16H18N6O2S. The molecule has 1 aliphatic heterocycles. The van der Waals surface area contributed by atoms with E-state index in [9.17, 15) is 0 Å². The molecule has 0 bridgehead atoms. The third-order valence-electron chi connectivity index (χ3n) is 4.11. The molecule has 8 nitrogen and oxygen atoms in total. The molecule has 1 aromatic carbocycles. The van der Waals surface area contributed by atoms with Crippen LogP contribution in [0.1, 0.15) is 19.1 Å². The predicted molar refractivity (Wildman–Crippen MR) is 95.9 cm³/mol. The molecule has 2 aromatic heterocycles. The van der Waals surface area contributed by atoms with E-state index in [0.717, 1.165) is 36.4 Å². The monoisotopic (exact) mass is 358 g/mol. The summed E-state index contributed by atoms with van der Waals surface area (Å²) in [5.41, 5.74) is 2.41. The van der Waals surface area contributed by atoms with Gasteiger partial charge in [-0.1, -0.05) is 18.2 Å². The van der Waals surface area contributed by atoms with Crippen molar-refractivity contribution in [3.63, 3.8) is 0 Å². The molecule has 3 N–H and O–H groups in total. The number of hydrogen-bond acceptors (Lipinski definition) is 8. The molecule has 3 heterocycles. The lowest BCUT2D eigenvalue weighted by atomic mass is 10.2. The fourth-order valence-corrected chi connectivity index (χ4v) is 3.17. The Hall–Kier alpha value is -2.20. The van der Waals surface area contributed by atoms with Gasteiger partial charge in [-0.05, 0) is 25.0 Å². The van der Waals surface area contributed by atoms with Gasteiger partial charge < -0.3 is 10.1 Å². The van der Waals surface area contributed by atoms with Crippen LogP contribution in [0.3, 0.4) is 0 Å². The standard InChI is InChI=1S/C16H18N6O2S/c17-25-23-8-12-6-7-13(24-12)22-10-20-14-15(18-9-19-16(14)22)21-11-4-2-1-3-5-11/h1-5,9-10,12-13H,6-8,17H2,(H,18,19,21). The number of aromatic nitrogens is 4. The summed E-state index contributed by atoms with van der Waals surface area (Å²) < 4.78 is 13.1. The van der Waals surface area contributed by atoms with E-state index >= 15 is 0 Å². The first-order chi connectivity index (χ1) is 12.3. The number of para-hydroxylation sites is 1. The lowest BCUT2D eigenvalue weighted by Crippen LogP contribution is -2.15. The van der Waals surface area contributed by atoms with E-state index < -0.39 is 0 Å². The zero-order chi connectivity index (χ0) is 17.1. The van der Waals surface area contributed by atoms with Crippen LogP contribution in [0.4, 0.5) is 11.5 Å². The summed E-state index contributed by atoms with van der Waals surface area (Å²) >= 11 is 0.865. The van der Waals surface area contributed by atoms with Crippen LogP contribution in [-0.4, -0.2) is 32.2 Å². The number of hydrogen-bond donors (Lipinski definition) is 2. The smallest absolute Gasteiger partial charge is 0.167 e. The molecule has 1 aliphatic rings. The van der Waals surface area contributed by atoms with Gasteiger partial charge in [0, 0.05) is 5.69 Å². The number of nitrogens with two attached hydrogens (primary N) is 1. The highest BCUT2D eigenvalue weighted by Crippen LogP contribution is 2.32. The van der Waals surface area contributed by atoms with Crippen LogP contribution in [0.25, 0.3) is 11.2 Å². The summed E-state index contributed by atoms with van der Waals surface area (Å²) in [6.07, 6.45) is 4.99. The molecule has 0 amide bonds. The second-order valence-corrected chi connectivity index (χ2v) is 6.14. The number of benzene rings is 1. The van der Waals surface area contributed by atoms with Gasteiger partial charge in [0.2, 0.25) is 0 Å². The van der Waals surface area contributed by atoms with Gasteiger partial charge in [-0.3, -0.25) is 13.9 Å². The summed E-state index contributed by atoms with van der Waals surface area (Å²) in [5, 5.41) is 8.57. The number of ether oxygens (including phenoxy) is 1. The Kier molecular flexibility index (Phi) is 4.79. The van der Waals surface area contributed by atoms with Crippen LogP contribution in [0.2, 0.25) is 0 Å². The van der Waals surface area contributed by atoms with Crippen molar-refractivity contribution in [1.82, 2.24) is 19.5 Å². The second-order valence-electron chi connectivity index (χ2n) is 5.71. The Labute approximate surface area is 149 Å². The number of fused-ring (bicyclic) bond motifs is 1. The van der Waals surface area contributed by atoms with Crippen LogP contribution < -0.4 is 10.5 Å². The zero-order valence-electron chi connectivity index (χ0n) is 13.4. The molecule has 2 atom stereocenters. The minimum atomic E-state index is -0.110. The van der Waals surface area contributed by atoms with Crippen LogP contribution in [0, 0.1) is 0 Å². The van der Waals surface area contributed by atoms with Crippen LogP contribution in [0.15, 0.2) is 43.0 Å². The molecule has 3 aromatic rings. The van der Waals surface area contributed by atoms with E-state index in [-0.39, 0.29) is 12.3 Å². The number of nitrogens with zero attached hydrogens (tertiary/aromatic N) is 4. The van der Waals surface area contributed by atoms with E-state index in [2.05, 4.69) is 20.3 Å². The Morgan fingerprint density at radius 3 is 2.96 bits per heavy atom. The topological polar surface area (TPSA) is 100 Å². The number of rotatable bonds is 6. The Balaban J connectivity index is 1.57. The highest BCUT2D eigenvalue weighted by Gasteiger charge is 2.28. The summed E-state index contributed by atoms with van der Waals surface area (Å²) in [6, 6.07) is 9.85. The van der Waals surface area contributed by atoms with Crippen LogP contribution in [-0.2, 0) is 8.92 Å². The second kappa shape index (κ2) is 7.36. The lowest BCUT2D eigenvalue weighted by Gasteiger charge is -2.14. The van der Waals surface area contributed by atoms with Gasteiger partial charge in [-0.15, -0.1) is 0 Å².